The van der Waals surface area contributed by atoms with Gasteiger partial charge in [0.15, 0.2) is 6.29 Å². The third-order valence-electron chi connectivity index (χ3n) is 3.08. The van der Waals surface area contributed by atoms with Crippen LogP contribution in [-0.4, -0.2) is 19.4 Å². The highest BCUT2D eigenvalue weighted by atomic mass is 35.5. The molecule has 0 aliphatic heterocycles. The van der Waals surface area contributed by atoms with Crippen LogP contribution in [0.1, 0.15) is 31.1 Å². The number of aldehydes is 1. The third kappa shape index (κ3) is 2.76. The summed E-state index contributed by atoms with van der Waals surface area (Å²) in [4.78, 5) is 13.1. The van der Waals surface area contributed by atoms with Gasteiger partial charge in [0.2, 0.25) is 0 Å². The lowest BCUT2D eigenvalue weighted by Crippen LogP contribution is -2.33. The Kier molecular flexibility index (Phi) is 4.36. The minimum absolute atomic E-state index is 0.358. The van der Waals surface area contributed by atoms with Gasteiger partial charge in [-0.3, -0.25) is 4.79 Å². The van der Waals surface area contributed by atoms with Gasteiger partial charge in [-0.1, -0.05) is 25.4 Å². The molecule has 16 heavy (non-hydrogen) atoms. The van der Waals surface area contributed by atoms with Gasteiger partial charge in [0.1, 0.15) is 0 Å². The molecule has 0 spiro atoms. The molecule has 0 aromatic heterocycles. The smallest absolute Gasteiger partial charge is 0.152 e. The molecule has 0 saturated heterocycles. The van der Waals surface area contributed by atoms with E-state index in [9.17, 15) is 4.79 Å². The van der Waals surface area contributed by atoms with Crippen molar-refractivity contribution in [3.8, 4) is 0 Å². The van der Waals surface area contributed by atoms with Gasteiger partial charge in [0, 0.05) is 29.4 Å². The second kappa shape index (κ2) is 5.35. The van der Waals surface area contributed by atoms with Crippen LogP contribution >= 0.6 is 11.6 Å². The average Bonchev–Trinajstić information content (AvgIpc) is 2.26. The lowest BCUT2D eigenvalue weighted by atomic mass is 10.0. The van der Waals surface area contributed by atoms with Gasteiger partial charge in [-0.25, -0.2) is 0 Å². The maximum absolute atomic E-state index is 11.0. The van der Waals surface area contributed by atoms with Crippen molar-refractivity contribution in [2.24, 2.45) is 5.92 Å². The van der Waals surface area contributed by atoms with E-state index in [0.717, 1.165) is 12.0 Å². The van der Waals surface area contributed by atoms with E-state index in [2.05, 4.69) is 25.7 Å². The van der Waals surface area contributed by atoms with Crippen molar-refractivity contribution in [1.29, 1.82) is 0 Å². The molecule has 0 bridgehead atoms. The zero-order chi connectivity index (χ0) is 12.3. The molecule has 1 unspecified atom stereocenters. The molecule has 2 nitrogen and oxygen atoms in total. The van der Waals surface area contributed by atoms with Crippen molar-refractivity contribution in [1.82, 2.24) is 0 Å². The quantitative estimate of drug-likeness (QED) is 0.748. The summed E-state index contributed by atoms with van der Waals surface area (Å²) >= 11 is 5.96. The predicted molar refractivity (Wildman–Crippen MR) is 69.5 cm³/mol. The van der Waals surface area contributed by atoms with Crippen molar-refractivity contribution in [3.05, 3.63) is 28.8 Å². The molecule has 1 aromatic carbocycles. The first kappa shape index (κ1) is 13.0. The van der Waals surface area contributed by atoms with Gasteiger partial charge >= 0.3 is 0 Å². The van der Waals surface area contributed by atoms with E-state index in [-0.39, 0.29) is 0 Å². The number of hydrogen-bond donors (Lipinski definition) is 0. The number of nitrogens with zero attached hydrogens (tertiary/aromatic N) is 1. The van der Waals surface area contributed by atoms with Crippen LogP contribution in [-0.2, 0) is 0 Å². The van der Waals surface area contributed by atoms with E-state index in [1.54, 1.807) is 12.1 Å². The number of carbonyl (C=O) groups excluding carboxylic acids is 1. The van der Waals surface area contributed by atoms with Crippen molar-refractivity contribution in [3.63, 3.8) is 0 Å². The molecule has 3 heteroatoms. The largest absolute Gasteiger partial charge is 0.371 e. The second-order valence-corrected chi connectivity index (χ2v) is 4.85. The Hall–Kier alpha value is -1.02. The molecule has 88 valence electrons. The molecule has 1 atom stereocenters. The van der Waals surface area contributed by atoms with Gasteiger partial charge in [-0.05, 0) is 31.0 Å². The molecule has 0 aliphatic rings. The lowest BCUT2D eigenvalue weighted by Gasteiger charge is -2.31. The Morgan fingerprint density at radius 2 is 1.94 bits per heavy atom. The van der Waals surface area contributed by atoms with Crippen LogP contribution < -0.4 is 4.90 Å². The summed E-state index contributed by atoms with van der Waals surface area (Å²) in [6, 6.07) is 5.69. The molecule has 0 amide bonds. The molecule has 1 aromatic rings. The molecule has 0 saturated carbocycles. The summed E-state index contributed by atoms with van der Waals surface area (Å²) in [5.74, 6) is 0.517. The molecular formula is C13H18ClNO. The minimum atomic E-state index is 0.358. The molecule has 0 heterocycles. The first-order valence-corrected chi connectivity index (χ1v) is 5.82. The Labute approximate surface area is 102 Å². The Morgan fingerprint density at radius 3 is 2.44 bits per heavy atom. The summed E-state index contributed by atoms with van der Waals surface area (Å²) < 4.78 is 0. The maximum Gasteiger partial charge on any atom is 0.152 e. The molecule has 0 aliphatic carbocycles. The maximum atomic E-state index is 11.0. The van der Waals surface area contributed by atoms with E-state index < -0.39 is 0 Å². The Bertz CT molecular complexity index is 376. The highest BCUT2D eigenvalue weighted by Gasteiger charge is 2.16. The van der Waals surface area contributed by atoms with Crippen LogP contribution in [0.5, 0.6) is 0 Å². The monoisotopic (exact) mass is 239 g/mol. The number of benzene rings is 1. The van der Waals surface area contributed by atoms with Crippen LogP contribution in [0, 0.1) is 5.92 Å². The SMILES string of the molecule is CC(C)C(C)N(C)c1cc(Cl)ccc1C=O. The molecular weight excluding hydrogens is 222 g/mol. The molecule has 0 radical (unpaired) electrons. The fourth-order valence-corrected chi connectivity index (χ4v) is 1.75. The van der Waals surface area contributed by atoms with E-state index in [0.29, 0.717) is 22.5 Å². The second-order valence-electron chi connectivity index (χ2n) is 4.42. The fraction of sp³-hybridized carbons (Fsp3) is 0.462. The zero-order valence-corrected chi connectivity index (χ0v) is 11.0. The topological polar surface area (TPSA) is 20.3 Å². The summed E-state index contributed by atoms with van der Waals surface area (Å²) in [5, 5.41) is 0.656. The fourth-order valence-electron chi connectivity index (χ4n) is 1.59. The number of anilines is 1. The van der Waals surface area contributed by atoms with Crippen molar-refractivity contribution in [2.45, 2.75) is 26.8 Å². The highest BCUT2D eigenvalue weighted by molar-refractivity contribution is 6.31. The van der Waals surface area contributed by atoms with E-state index in [1.165, 1.54) is 0 Å². The first-order valence-electron chi connectivity index (χ1n) is 5.45. The van der Waals surface area contributed by atoms with Gasteiger partial charge in [-0.2, -0.15) is 0 Å². The Morgan fingerprint density at radius 1 is 1.31 bits per heavy atom. The number of carbonyl (C=O) groups is 1. The predicted octanol–water partition coefficient (Wildman–Crippen LogP) is 3.63. The first-order chi connectivity index (χ1) is 7.47. The lowest BCUT2D eigenvalue weighted by molar-refractivity contribution is 0.112. The van der Waals surface area contributed by atoms with E-state index >= 15 is 0 Å². The van der Waals surface area contributed by atoms with Gasteiger partial charge in [0.25, 0.3) is 0 Å². The molecule has 0 fully saturated rings. The van der Waals surface area contributed by atoms with Crippen LogP contribution in [0.15, 0.2) is 18.2 Å². The van der Waals surface area contributed by atoms with Gasteiger partial charge in [-0.15, -0.1) is 0 Å². The summed E-state index contributed by atoms with van der Waals surface area (Å²) in [5.41, 5.74) is 1.57. The van der Waals surface area contributed by atoms with E-state index in [4.69, 9.17) is 11.6 Å². The summed E-state index contributed by atoms with van der Waals surface area (Å²) in [6.45, 7) is 6.46. The average molecular weight is 240 g/mol. The standard InChI is InChI=1S/C13H18ClNO/c1-9(2)10(3)15(4)13-7-12(14)6-5-11(13)8-16/h5-10H,1-4H3. The van der Waals surface area contributed by atoms with Crippen molar-refractivity contribution < 1.29 is 4.79 Å². The van der Waals surface area contributed by atoms with E-state index in [1.807, 2.05) is 13.1 Å². The van der Waals surface area contributed by atoms with Crippen LogP contribution in [0.4, 0.5) is 5.69 Å². The summed E-state index contributed by atoms with van der Waals surface area (Å²) in [6.07, 6.45) is 0.870. The van der Waals surface area contributed by atoms with Crippen LogP contribution in [0.2, 0.25) is 5.02 Å². The third-order valence-corrected chi connectivity index (χ3v) is 3.31. The zero-order valence-electron chi connectivity index (χ0n) is 10.2. The van der Waals surface area contributed by atoms with Gasteiger partial charge in [0.05, 0.1) is 0 Å². The number of halogens is 1. The number of hydrogen-bond acceptors (Lipinski definition) is 2. The molecule has 1 rings (SSSR count). The normalized spacial score (nSPS) is 12.6. The Balaban J connectivity index is 3.10. The minimum Gasteiger partial charge on any atom is -0.371 e. The van der Waals surface area contributed by atoms with Crippen molar-refractivity contribution in [2.75, 3.05) is 11.9 Å². The van der Waals surface area contributed by atoms with Crippen LogP contribution in [0.25, 0.3) is 0 Å². The number of rotatable bonds is 4. The van der Waals surface area contributed by atoms with Crippen LogP contribution in [0.3, 0.4) is 0 Å². The van der Waals surface area contributed by atoms with Crippen molar-refractivity contribution >= 4 is 23.6 Å². The van der Waals surface area contributed by atoms with Gasteiger partial charge < -0.3 is 4.90 Å². The molecule has 0 N–H and O–H groups in total. The highest BCUT2D eigenvalue weighted by Crippen LogP contribution is 2.26. The summed E-state index contributed by atoms with van der Waals surface area (Å²) in [7, 11) is 1.99.